The van der Waals surface area contributed by atoms with Crippen LogP contribution in [0.5, 0.6) is 0 Å². The molecule has 1 aliphatic heterocycles. The molecule has 1 aromatic rings. The van der Waals surface area contributed by atoms with Crippen LogP contribution >= 0.6 is 0 Å². The zero-order valence-electron chi connectivity index (χ0n) is 22.4. The summed E-state index contributed by atoms with van der Waals surface area (Å²) < 4.78 is 27.5. The van der Waals surface area contributed by atoms with Gasteiger partial charge >= 0.3 is 11.9 Å². The van der Waals surface area contributed by atoms with Crippen LogP contribution < -0.4 is 5.32 Å². The van der Waals surface area contributed by atoms with Crippen molar-refractivity contribution in [2.75, 3.05) is 32.7 Å². The van der Waals surface area contributed by atoms with Gasteiger partial charge in [-0.3, -0.25) is 9.59 Å². The number of rotatable bonds is 8. The molecule has 1 saturated heterocycles. The van der Waals surface area contributed by atoms with Crippen molar-refractivity contribution >= 4 is 33.7 Å². The number of benzene rings is 1. The standard InChI is InChI=1S/C23H37N3O4S.C2H2O4/c1-18(27)17-23(5,6)24-21(28)11-12-25-13-15-26(16-14-25)31(29,30)20-9-7-19(8-10-20)22(2,3)4;3-1(4)2(5)6/h7-10H,11-17H2,1-6H3,(H,24,28);(H,3,4)(H,5,6). The zero-order chi connectivity index (χ0) is 28.6. The number of ketones is 1. The predicted octanol–water partition coefficient (Wildman–Crippen LogP) is 1.71. The second-order valence-corrected chi connectivity index (χ2v) is 12.6. The Morgan fingerprint density at radius 3 is 1.78 bits per heavy atom. The molecule has 0 unspecified atom stereocenters. The minimum atomic E-state index is -3.52. The van der Waals surface area contributed by atoms with Crippen LogP contribution in [0.15, 0.2) is 29.2 Å². The summed E-state index contributed by atoms with van der Waals surface area (Å²) in [5, 5.41) is 17.7. The van der Waals surface area contributed by atoms with E-state index in [1.807, 2.05) is 26.0 Å². The van der Waals surface area contributed by atoms with E-state index in [-0.39, 0.29) is 17.1 Å². The number of carboxylic acids is 2. The maximum Gasteiger partial charge on any atom is 0.414 e. The third kappa shape index (κ3) is 11.0. The summed E-state index contributed by atoms with van der Waals surface area (Å²) in [6, 6.07) is 7.15. The first kappa shape index (κ1) is 32.2. The van der Waals surface area contributed by atoms with Crippen molar-refractivity contribution < 1.29 is 37.8 Å². The highest BCUT2D eigenvalue weighted by atomic mass is 32.2. The lowest BCUT2D eigenvalue weighted by Crippen LogP contribution is -2.50. The number of carbonyl (C=O) groups excluding carboxylic acids is 2. The summed E-state index contributed by atoms with van der Waals surface area (Å²) in [6.07, 6.45) is 0.619. The maximum absolute atomic E-state index is 13.0. The van der Waals surface area contributed by atoms with Gasteiger partial charge in [0.25, 0.3) is 0 Å². The van der Waals surface area contributed by atoms with Crippen LogP contribution in [0.3, 0.4) is 0 Å². The van der Waals surface area contributed by atoms with Gasteiger partial charge in [0, 0.05) is 51.1 Å². The van der Waals surface area contributed by atoms with Crippen LogP contribution in [0.25, 0.3) is 0 Å². The molecule has 1 heterocycles. The minimum Gasteiger partial charge on any atom is -0.473 e. The van der Waals surface area contributed by atoms with Crippen molar-refractivity contribution in [3.05, 3.63) is 29.8 Å². The van der Waals surface area contributed by atoms with Gasteiger partial charge in [-0.25, -0.2) is 18.0 Å². The number of carbonyl (C=O) groups is 4. The molecule has 0 aliphatic carbocycles. The Kier molecular flexibility index (Phi) is 11.4. The molecule has 208 valence electrons. The highest BCUT2D eigenvalue weighted by Crippen LogP contribution is 2.25. The van der Waals surface area contributed by atoms with Crippen LogP contribution in [-0.2, 0) is 34.6 Å². The fourth-order valence-corrected chi connectivity index (χ4v) is 5.26. The van der Waals surface area contributed by atoms with E-state index in [0.29, 0.717) is 50.5 Å². The first-order chi connectivity index (χ1) is 16.8. The average Bonchev–Trinajstić information content (AvgIpc) is 2.76. The molecule has 37 heavy (non-hydrogen) atoms. The molecule has 1 amide bonds. The minimum absolute atomic E-state index is 0.0263. The van der Waals surface area contributed by atoms with Crippen molar-refractivity contribution in [1.82, 2.24) is 14.5 Å². The highest BCUT2D eigenvalue weighted by Gasteiger charge is 2.29. The smallest absolute Gasteiger partial charge is 0.414 e. The summed E-state index contributed by atoms with van der Waals surface area (Å²) in [5.74, 6) is -3.71. The van der Waals surface area contributed by atoms with Gasteiger partial charge < -0.3 is 20.4 Å². The molecule has 0 saturated carbocycles. The quantitative estimate of drug-likeness (QED) is 0.416. The molecule has 3 N–H and O–H groups in total. The van der Waals surface area contributed by atoms with E-state index in [0.717, 1.165) is 5.56 Å². The molecule has 0 atom stereocenters. The fraction of sp³-hybridized carbons (Fsp3) is 0.600. The van der Waals surface area contributed by atoms with Gasteiger partial charge in [-0.2, -0.15) is 4.31 Å². The lowest BCUT2D eigenvalue weighted by Gasteiger charge is -2.34. The fourth-order valence-electron chi connectivity index (χ4n) is 3.84. The van der Waals surface area contributed by atoms with Crippen LogP contribution in [0.2, 0.25) is 0 Å². The molecule has 1 aromatic carbocycles. The van der Waals surface area contributed by atoms with Gasteiger partial charge in [0.2, 0.25) is 15.9 Å². The number of piperazine rings is 1. The number of hydrogen-bond donors (Lipinski definition) is 3. The molecule has 0 radical (unpaired) electrons. The normalized spacial score (nSPS) is 15.3. The lowest BCUT2D eigenvalue weighted by atomic mass is 9.87. The Labute approximate surface area is 218 Å². The molecule has 12 heteroatoms. The molecule has 0 aromatic heterocycles. The third-order valence-corrected chi connectivity index (χ3v) is 7.61. The number of amides is 1. The van der Waals surface area contributed by atoms with E-state index in [4.69, 9.17) is 19.8 Å². The number of hydrogen-bond acceptors (Lipinski definition) is 7. The zero-order valence-corrected chi connectivity index (χ0v) is 23.2. The van der Waals surface area contributed by atoms with Crippen LogP contribution in [0.1, 0.15) is 59.9 Å². The van der Waals surface area contributed by atoms with Gasteiger partial charge in [-0.05, 0) is 43.9 Å². The van der Waals surface area contributed by atoms with Crippen molar-refractivity contribution in [2.24, 2.45) is 0 Å². The maximum atomic E-state index is 13.0. The number of nitrogens with zero attached hydrogens (tertiary/aromatic N) is 2. The average molecular weight is 542 g/mol. The van der Waals surface area contributed by atoms with E-state index in [2.05, 4.69) is 31.0 Å². The first-order valence-corrected chi connectivity index (χ1v) is 13.4. The lowest BCUT2D eigenvalue weighted by molar-refractivity contribution is -0.159. The molecule has 0 spiro atoms. The topological polar surface area (TPSA) is 161 Å². The molecule has 1 fully saturated rings. The van der Waals surface area contributed by atoms with Crippen molar-refractivity contribution in [1.29, 1.82) is 0 Å². The monoisotopic (exact) mass is 541 g/mol. The second-order valence-electron chi connectivity index (χ2n) is 10.7. The van der Waals surface area contributed by atoms with E-state index < -0.39 is 27.5 Å². The SMILES string of the molecule is CC(=O)CC(C)(C)NC(=O)CCN1CCN(S(=O)(=O)c2ccc(C(C)(C)C)cc2)CC1.O=C(O)C(=O)O. The summed E-state index contributed by atoms with van der Waals surface area (Å²) in [7, 11) is -3.52. The van der Waals surface area contributed by atoms with E-state index >= 15 is 0 Å². The van der Waals surface area contributed by atoms with Crippen LogP contribution in [0.4, 0.5) is 0 Å². The predicted molar refractivity (Wildman–Crippen MR) is 138 cm³/mol. The Bertz CT molecular complexity index is 1060. The number of aliphatic carboxylic acids is 2. The van der Waals surface area contributed by atoms with Crippen LogP contribution in [-0.4, -0.2) is 89.7 Å². The van der Waals surface area contributed by atoms with E-state index in [1.54, 1.807) is 12.1 Å². The summed E-state index contributed by atoms with van der Waals surface area (Å²) in [5.41, 5.74) is 0.515. The molecule has 0 bridgehead atoms. The van der Waals surface area contributed by atoms with Crippen molar-refractivity contribution in [3.63, 3.8) is 0 Å². The molecule has 1 aliphatic rings. The number of sulfonamides is 1. The summed E-state index contributed by atoms with van der Waals surface area (Å²) in [6.45, 7) is 14.0. The van der Waals surface area contributed by atoms with Gasteiger partial charge in [-0.1, -0.05) is 32.9 Å². The van der Waals surface area contributed by atoms with Crippen molar-refractivity contribution in [3.8, 4) is 0 Å². The first-order valence-electron chi connectivity index (χ1n) is 11.9. The Balaban J connectivity index is 0.00000102. The van der Waals surface area contributed by atoms with Gasteiger partial charge in [0.15, 0.2) is 0 Å². The molecular formula is C25H39N3O8S. The van der Waals surface area contributed by atoms with Gasteiger partial charge in [0.1, 0.15) is 5.78 Å². The van der Waals surface area contributed by atoms with Crippen LogP contribution in [0, 0.1) is 0 Å². The number of Topliss-reactive ketones (excluding diaryl/α,β-unsaturated/α-hetero) is 1. The molecule has 11 nitrogen and oxygen atoms in total. The summed E-state index contributed by atoms with van der Waals surface area (Å²) in [4.78, 5) is 44.2. The van der Waals surface area contributed by atoms with Crippen molar-refractivity contribution in [2.45, 2.75) is 70.2 Å². The van der Waals surface area contributed by atoms with E-state index in [1.165, 1.54) is 11.2 Å². The highest BCUT2D eigenvalue weighted by molar-refractivity contribution is 7.89. The third-order valence-electron chi connectivity index (χ3n) is 5.70. The summed E-state index contributed by atoms with van der Waals surface area (Å²) >= 11 is 0. The molecular weight excluding hydrogens is 502 g/mol. The number of carboxylic acid groups (broad SMARTS) is 2. The Morgan fingerprint density at radius 2 is 1.38 bits per heavy atom. The second kappa shape index (κ2) is 13.1. The molecule has 2 rings (SSSR count). The van der Waals surface area contributed by atoms with E-state index in [9.17, 15) is 18.0 Å². The Hall–Kier alpha value is -2.83. The van der Waals surface area contributed by atoms with Gasteiger partial charge in [-0.15, -0.1) is 0 Å². The largest absolute Gasteiger partial charge is 0.473 e. The number of nitrogens with one attached hydrogen (secondary N) is 1. The van der Waals surface area contributed by atoms with Gasteiger partial charge in [0.05, 0.1) is 4.90 Å². The Morgan fingerprint density at radius 1 is 0.892 bits per heavy atom.